The number of ether oxygens (including phenoxy) is 5. The summed E-state index contributed by atoms with van der Waals surface area (Å²) in [5.41, 5.74) is -0.219. The number of cyclic esters (lactones) is 1. The molecule has 1 aliphatic carbocycles. The number of Topliss-reactive ketones (excluding diaryl/α,β-unsaturated/α-hetero) is 2. The lowest BCUT2D eigenvalue weighted by Crippen LogP contribution is -2.70. The van der Waals surface area contributed by atoms with E-state index in [0.29, 0.717) is 69.9 Å². The van der Waals surface area contributed by atoms with Gasteiger partial charge in [-0.3, -0.25) is 19.7 Å². The maximum Gasteiger partial charge on any atom is 0.329 e. The number of carbonyl (C=O) groups is 4. The number of likely N-dealkylation sites (N-methyl/N-ethyl adjacent to an activating group) is 1. The topological polar surface area (TPSA) is 170 Å². The number of hydrogen-bond acceptors (Lipinski definition) is 12. The van der Waals surface area contributed by atoms with Crippen LogP contribution in [0.3, 0.4) is 0 Å². The molecule has 3 aliphatic heterocycles. The van der Waals surface area contributed by atoms with Gasteiger partial charge in [0.15, 0.2) is 5.72 Å². The van der Waals surface area contributed by atoms with Gasteiger partial charge >= 0.3 is 5.97 Å². The molecule has 2 saturated heterocycles. The molecule has 0 aromatic rings. The number of fused-ring (bicyclic) bond motifs is 3. The molecule has 13 heteroatoms. The van der Waals surface area contributed by atoms with Crippen LogP contribution in [0.1, 0.15) is 105 Å². The van der Waals surface area contributed by atoms with E-state index in [1.165, 1.54) is 4.90 Å². The molecule has 1 amide bonds. The molecule has 4 rings (SSSR count). The third-order valence-corrected chi connectivity index (χ3v) is 13.4. The van der Waals surface area contributed by atoms with Crippen molar-refractivity contribution in [1.82, 2.24) is 10.2 Å². The van der Waals surface area contributed by atoms with Crippen molar-refractivity contribution in [3.8, 4) is 12.3 Å². The van der Waals surface area contributed by atoms with Crippen LogP contribution in [0.4, 0.5) is 0 Å². The first-order chi connectivity index (χ1) is 28.6. The smallest absolute Gasteiger partial charge is 0.329 e. The molecule has 13 nitrogen and oxygen atoms in total. The molecule has 3 N–H and O–H groups in total. The summed E-state index contributed by atoms with van der Waals surface area (Å²) in [4.78, 5) is 59.3. The quantitative estimate of drug-likeness (QED) is 0.125. The van der Waals surface area contributed by atoms with Crippen molar-refractivity contribution in [2.75, 3.05) is 34.4 Å². The minimum atomic E-state index is -1.76. The van der Waals surface area contributed by atoms with Crippen LogP contribution in [0.25, 0.3) is 0 Å². The number of allylic oxidation sites excluding steroid dienone is 4. The summed E-state index contributed by atoms with van der Waals surface area (Å²) in [6.45, 7) is 13.5. The monoisotopic (exact) mass is 841 g/mol. The van der Waals surface area contributed by atoms with Crippen molar-refractivity contribution in [1.29, 1.82) is 0 Å². The SMILES string of the molecule is C#C[C@H]1C/C(C)=C/[C@@H](CC=C)C(=O)C[C@H](O)[C@@H](C)[C@@H](/C(C)=C/[C@@H]2CC[C@@H](O)[C@H](OC)C2)OC(=O)[C@@H]2CCCCN2C(=O)C(=O)[C@]2(NCC)O[C@H]([C@@H](OC)C1)[C@@H](OC)C[C@H]2C. The zero-order chi connectivity index (χ0) is 44.3. The maximum absolute atomic E-state index is 14.8. The second-order valence-corrected chi connectivity index (χ2v) is 17.6. The number of rotatable bonds is 9. The van der Waals surface area contributed by atoms with Gasteiger partial charge in [0.05, 0.1) is 30.5 Å². The van der Waals surface area contributed by atoms with Crippen molar-refractivity contribution >= 4 is 23.4 Å². The van der Waals surface area contributed by atoms with Crippen LogP contribution in [0.5, 0.6) is 0 Å². The molecule has 0 radical (unpaired) electrons. The summed E-state index contributed by atoms with van der Waals surface area (Å²) in [5.74, 6) is -1.88. The second kappa shape index (κ2) is 22.7. The highest BCUT2D eigenvalue weighted by Gasteiger charge is 2.57. The number of piperidine rings is 1. The number of methoxy groups -OCH3 is 3. The number of aliphatic hydroxyl groups excluding tert-OH is 2. The van der Waals surface area contributed by atoms with Crippen molar-refractivity contribution in [3.63, 3.8) is 0 Å². The van der Waals surface area contributed by atoms with Gasteiger partial charge in [-0.25, -0.2) is 4.79 Å². The number of carbonyl (C=O) groups excluding carboxylic acids is 4. The first kappa shape index (κ1) is 49.4. The highest BCUT2D eigenvalue weighted by Crippen LogP contribution is 2.39. The summed E-state index contributed by atoms with van der Waals surface area (Å²) in [5, 5.41) is 25.5. The van der Waals surface area contributed by atoms with Gasteiger partial charge in [0.2, 0.25) is 0 Å². The standard InChI is InChI=1S/C47H72N2O11/c1-11-16-34-22-28(4)21-32(12-2)25-41(58-10)43-40(57-9)24-30(6)47(60-43,48-13-3)44(53)45(54)49-20-15-14-17-35(49)46(55)59-42(31(7)37(51)27-38(34)52)29(5)23-33-18-19-36(50)39(26-33)56-8/h2,11,22-23,30-37,39-43,48,50-51H,1,13-21,24-27H2,3-10H3/b28-22+,29-23+/t30-,31-,32+,33+,34-,35+,36-,37+,39-,40+,41+,42-,43+,47-/m1/s1. The second-order valence-electron chi connectivity index (χ2n) is 17.6. The van der Waals surface area contributed by atoms with Crippen LogP contribution in [0, 0.1) is 41.9 Å². The van der Waals surface area contributed by atoms with E-state index >= 15 is 0 Å². The number of esters is 1. The Bertz CT molecular complexity index is 1600. The molecule has 14 atom stereocenters. The average molecular weight is 841 g/mol. The van der Waals surface area contributed by atoms with E-state index in [4.69, 9.17) is 30.1 Å². The van der Waals surface area contributed by atoms with Gasteiger partial charge in [0.25, 0.3) is 11.7 Å². The van der Waals surface area contributed by atoms with Gasteiger partial charge in [-0.15, -0.1) is 18.9 Å². The molecule has 336 valence electrons. The number of hydrogen-bond donors (Lipinski definition) is 3. The molecule has 0 unspecified atom stereocenters. The Morgan fingerprint density at radius 1 is 1.00 bits per heavy atom. The number of nitrogens with zero attached hydrogens (tertiary/aromatic N) is 1. The first-order valence-electron chi connectivity index (χ1n) is 22.0. The largest absolute Gasteiger partial charge is 0.456 e. The summed E-state index contributed by atoms with van der Waals surface area (Å²) in [6.07, 6.45) is 11.1. The molecule has 0 aromatic heterocycles. The first-order valence-corrected chi connectivity index (χ1v) is 22.0. The van der Waals surface area contributed by atoms with E-state index in [9.17, 15) is 29.4 Å². The Morgan fingerprint density at radius 2 is 1.68 bits per heavy atom. The minimum Gasteiger partial charge on any atom is -0.456 e. The van der Waals surface area contributed by atoms with Crippen molar-refractivity contribution < 1.29 is 53.1 Å². The lowest BCUT2D eigenvalue weighted by molar-refractivity contribution is -0.243. The van der Waals surface area contributed by atoms with Crippen LogP contribution in [-0.2, 0) is 42.9 Å². The molecule has 60 heavy (non-hydrogen) atoms. The van der Waals surface area contributed by atoms with Crippen molar-refractivity contribution in [3.05, 3.63) is 36.0 Å². The third kappa shape index (κ3) is 11.6. The molecule has 3 fully saturated rings. The molecule has 0 spiro atoms. The fourth-order valence-electron chi connectivity index (χ4n) is 9.85. The Labute approximate surface area is 358 Å². The summed E-state index contributed by atoms with van der Waals surface area (Å²) >= 11 is 0. The van der Waals surface area contributed by atoms with Gasteiger partial charge in [-0.2, -0.15) is 0 Å². The Morgan fingerprint density at radius 3 is 2.32 bits per heavy atom. The predicted molar refractivity (Wildman–Crippen MR) is 227 cm³/mol. The minimum absolute atomic E-state index is 0.00515. The zero-order valence-corrected chi connectivity index (χ0v) is 37.2. The van der Waals surface area contributed by atoms with E-state index < -0.39 is 83.8 Å². The average Bonchev–Trinajstić information content (AvgIpc) is 3.24. The van der Waals surface area contributed by atoms with E-state index in [2.05, 4.69) is 17.8 Å². The fourth-order valence-corrected chi connectivity index (χ4v) is 9.85. The highest BCUT2D eigenvalue weighted by molar-refractivity contribution is 6.39. The molecular formula is C47H72N2O11. The van der Waals surface area contributed by atoms with Gasteiger partial charge in [0.1, 0.15) is 24.0 Å². The summed E-state index contributed by atoms with van der Waals surface area (Å²) in [7, 11) is 4.69. The molecule has 3 heterocycles. The lowest BCUT2D eigenvalue weighted by atomic mass is 9.80. The van der Waals surface area contributed by atoms with Crippen LogP contribution < -0.4 is 5.32 Å². The number of nitrogens with one attached hydrogen (secondary N) is 1. The number of amides is 1. The molecular weight excluding hydrogens is 769 g/mol. The van der Waals surface area contributed by atoms with Crippen LogP contribution in [0.15, 0.2) is 36.0 Å². The Hall–Kier alpha value is -3.22. The Balaban J connectivity index is 1.83. The van der Waals surface area contributed by atoms with Crippen molar-refractivity contribution in [2.45, 2.75) is 160 Å². The van der Waals surface area contributed by atoms with Gasteiger partial charge in [-0.1, -0.05) is 44.6 Å². The van der Waals surface area contributed by atoms with E-state index in [0.717, 1.165) is 5.57 Å². The zero-order valence-electron chi connectivity index (χ0n) is 37.2. The normalized spacial score (nSPS) is 39.4. The van der Waals surface area contributed by atoms with Crippen LogP contribution in [0.2, 0.25) is 0 Å². The van der Waals surface area contributed by atoms with E-state index in [-0.39, 0.29) is 43.1 Å². The lowest BCUT2D eigenvalue weighted by Gasteiger charge is -2.49. The van der Waals surface area contributed by atoms with Gasteiger partial charge < -0.3 is 38.8 Å². The predicted octanol–water partition coefficient (Wildman–Crippen LogP) is 4.87. The van der Waals surface area contributed by atoms with Crippen LogP contribution >= 0.6 is 0 Å². The number of terminal acetylenes is 1. The third-order valence-electron chi connectivity index (χ3n) is 13.4. The molecule has 4 aliphatic rings. The summed E-state index contributed by atoms with van der Waals surface area (Å²) < 4.78 is 30.7. The maximum atomic E-state index is 14.8. The van der Waals surface area contributed by atoms with Gasteiger partial charge in [-0.05, 0) is 96.1 Å². The molecule has 2 bridgehead atoms. The van der Waals surface area contributed by atoms with E-state index in [1.807, 2.05) is 39.8 Å². The summed E-state index contributed by atoms with van der Waals surface area (Å²) in [6, 6.07) is -1.08. The van der Waals surface area contributed by atoms with Crippen molar-refractivity contribution in [2.24, 2.45) is 29.6 Å². The van der Waals surface area contributed by atoms with Gasteiger partial charge in [0, 0.05) is 58.0 Å². The number of aliphatic hydroxyl groups is 2. The van der Waals surface area contributed by atoms with E-state index in [1.54, 1.807) is 34.3 Å². The number of ketones is 2. The molecule has 1 saturated carbocycles. The molecule has 0 aromatic carbocycles. The fraction of sp³-hybridized carbons (Fsp3) is 0.745. The Kier molecular flexibility index (Phi) is 18.7. The van der Waals surface area contributed by atoms with Crippen LogP contribution in [-0.4, -0.2) is 127 Å². The highest BCUT2D eigenvalue weighted by atomic mass is 16.6.